The number of benzene rings is 2. The van der Waals surface area contributed by atoms with Gasteiger partial charge in [-0.25, -0.2) is 8.42 Å². The maximum atomic E-state index is 9.22. The van der Waals surface area contributed by atoms with Crippen molar-refractivity contribution in [2.75, 3.05) is 25.1 Å². The Hall–Kier alpha value is -3.26. The number of fused-ring (bicyclic) bond motifs is 2. The number of aryl methyl sites for hydroxylation is 2. The van der Waals surface area contributed by atoms with Gasteiger partial charge in [-0.15, -0.1) is 0 Å². The van der Waals surface area contributed by atoms with Crippen LogP contribution < -0.4 is 4.90 Å². The number of hydrogen-bond donors (Lipinski definition) is 0. The summed E-state index contributed by atoms with van der Waals surface area (Å²) in [6.07, 6.45) is 15.3. The topological polar surface area (TPSA) is 72.7 Å². The van der Waals surface area contributed by atoms with E-state index in [0.29, 0.717) is 0 Å². The fourth-order valence-electron chi connectivity index (χ4n) is 5.75. The van der Waals surface area contributed by atoms with Crippen molar-refractivity contribution in [2.24, 2.45) is 0 Å². The Balaban J connectivity index is 0.000000696. The van der Waals surface area contributed by atoms with Gasteiger partial charge in [0.1, 0.15) is 6.54 Å². The van der Waals surface area contributed by atoms with E-state index in [1.165, 1.54) is 45.0 Å². The highest BCUT2D eigenvalue weighted by Crippen LogP contribution is 2.47. The van der Waals surface area contributed by atoms with Crippen LogP contribution in [0.3, 0.4) is 0 Å². The van der Waals surface area contributed by atoms with E-state index in [0.717, 1.165) is 20.2 Å². The third kappa shape index (κ3) is 6.97. The molecule has 0 bridgehead atoms. The van der Waals surface area contributed by atoms with Crippen LogP contribution in [0.1, 0.15) is 63.8 Å². The molecule has 0 aromatic heterocycles. The molecule has 41 heavy (non-hydrogen) atoms. The van der Waals surface area contributed by atoms with Gasteiger partial charge in [0.2, 0.25) is 16.1 Å². The number of rotatable bonds is 7. The molecular formula is C34H44N2O4S. The molecule has 0 N–H and O–H groups in total. The van der Waals surface area contributed by atoms with Gasteiger partial charge in [0.05, 0.1) is 12.5 Å². The van der Waals surface area contributed by atoms with Crippen LogP contribution in [0.2, 0.25) is 0 Å². The van der Waals surface area contributed by atoms with Crippen LogP contribution in [-0.2, 0) is 25.4 Å². The van der Waals surface area contributed by atoms with E-state index >= 15 is 0 Å². The maximum Gasteiger partial charge on any atom is 0.217 e. The minimum atomic E-state index is -4.41. The van der Waals surface area contributed by atoms with Crippen molar-refractivity contribution in [3.63, 3.8) is 0 Å². The molecule has 2 aliphatic heterocycles. The summed E-state index contributed by atoms with van der Waals surface area (Å²) in [5, 5.41) is 0. The first kappa shape index (κ1) is 32.3. The zero-order valence-corrected chi connectivity index (χ0v) is 26.7. The van der Waals surface area contributed by atoms with Gasteiger partial charge in [-0.05, 0) is 65.3 Å². The van der Waals surface area contributed by atoms with Crippen molar-refractivity contribution in [3.8, 4) is 0 Å². The molecule has 0 spiro atoms. The average Bonchev–Trinajstić information content (AvgIpc) is 3.25. The molecule has 0 fully saturated rings. The van der Waals surface area contributed by atoms with Crippen LogP contribution in [0, 0.1) is 13.8 Å². The number of likely N-dealkylation sites (N-methyl/N-ethyl adjacent to an activating group) is 1. The van der Waals surface area contributed by atoms with Crippen LogP contribution in [0.15, 0.2) is 84.6 Å². The van der Waals surface area contributed by atoms with Crippen molar-refractivity contribution in [1.29, 1.82) is 0 Å². The quantitative estimate of drug-likeness (QED) is 0.151. The fraction of sp³-hybridized carbons (Fsp3) is 0.382. The first-order chi connectivity index (χ1) is 19.2. The smallest absolute Gasteiger partial charge is 0.217 e. The monoisotopic (exact) mass is 576 g/mol. The second kappa shape index (κ2) is 12.7. The highest BCUT2D eigenvalue weighted by molar-refractivity contribution is 7.80. The van der Waals surface area contributed by atoms with Crippen LogP contribution >= 0.6 is 0 Å². The number of anilines is 1. The van der Waals surface area contributed by atoms with E-state index in [2.05, 4.69) is 148 Å². The summed E-state index contributed by atoms with van der Waals surface area (Å²) in [6.45, 7) is 20.1. The zero-order chi connectivity index (χ0) is 30.6. The molecule has 0 radical (unpaired) electrons. The molecule has 2 aromatic rings. The molecule has 4 rings (SSSR count). The summed E-state index contributed by atoms with van der Waals surface area (Å²) in [4.78, 5) is 2.44. The average molecular weight is 577 g/mol. The molecule has 0 amide bonds. The van der Waals surface area contributed by atoms with E-state index in [1.54, 1.807) is 0 Å². The first-order valence-electron chi connectivity index (χ1n) is 14.1. The second-order valence-electron chi connectivity index (χ2n) is 11.4. The second-order valence-corrected chi connectivity index (χ2v) is 12.6. The largest absolute Gasteiger partial charge is 0.726 e. The predicted octanol–water partition coefficient (Wildman–Crippen LogP) is 7.16. The van der Waals surface area contributed by atoms with Crippen molar-refractivity contribution >= 4 is 27.5 Å². The van der Waals surface area contributed by atoms with E-state index in [1.807, 2.05) is 0 Å². The van der Waals surface area contributed by atoms with Crippen molar-refractivity contribution in [1.82, 2.24) is 0 Å². The molecule has 2 aliphatic rings. The summed E-state index contributed by atoms with van der Waals surface area (Å²) in [7, 11) is -3.60. The SMILES string of the molecule is CCN1C(=CC=CC=CC=CC2=[N+](CC)c3ccc(C)cc3C2(C)C)C(C)(C)c2cc(C)ccc21.COS(=O)(=O)[O-]. The Morgan fingerprint density at radius 1 is 0.878 bits per heavy atom. The first-order valence-corrected chi connectivity index (χ1v) is 15.4. The van der Waals surface area contributed by atoms with Crippen molar-refractivity contribution in [2.45, 2.75) is 66.2 Å². The molecule has 0 atom stereocenters. The van der Waals surface area contributed by atoms with Gasteiger partial charge < -0.3 is 9.45 Å². The van der Waals surface area contributed by atoms with Gasteiger partial charge in [0.25, 0.3) is 0 Å². The molecule has 0 unspecified atom stereocenters. The highest BCUT2D eigenvalue weighted by Gasteiger charge is 2.43. The Bertz CT molecular complexity index is 1540. The molecule has 6 nitrogen and oxygen atoms in total. The minimum absolute atomic E-state index is 0.00693. The summed E-state index contributed by atoms with van der Waals surface area (Å²) in [5.74, 6) is 0. The van der Waals surface area contributed by atoms with Gasteiger partial charge >= 0.3 is 0 Å². The third-order valence-corrected chi connectivity index (χ3v) is 8.29. The summed E-state index contributed by atoms with van der Waals surface area (Å²) in [5.41, 5.74) is 10.9. The van der Waals surface area contributed by atoms with Gasteiger partial charge in [-0.3, -0.25) is 4.18 Å². The van der Waals surface area contributed by atoms with Crippen LogP contribution in [0.5, 0.6) is 0 Å². The van der Waals surface area contributed by atoms with Crippen molar-refractivity contribution in [3.05, 3.63) is 107 Å². The molecule has 0 saturated heterocycles. The van der Waals surface area contributed by atoms with Crippen molar-refractivity contribution < 1.29 is 21.7 Å². The van der Waals surface area contributed by atoms with Crippen LogP contribution in [0.4, 0.5) is 11.4 Å². The lowest BCUT2D eigenvalue weighted by Crippen LogP contribution is -2.27. The van der Waals surface area contributed by atoms with Crippen LogP contribution in [0.25, 0.3) is 0 Å². The molecular weight excluding hydrogens is 532 g/mol. The van der Waals surface area contributed by atoms with E-state index in [9.17, 15) is 13.0 Å². The zero-order valence-electron chi connectivity index (χ0n) is 25.9. The van der Waals surface area contributed by atoms with Gasteiger partial charge in [0, 0.05) is 41.1 Å². The minimum Gasteiger partial charge on any atom is -0.726 e. The Morgan fingerprint density at radius 3 is 2.02 bits per heavy atom. The normalized spacial score (nSPS) is 18.5. The molecule has 2 aromatic carbocycles. The summed E-state index contributed by atoms with van der Waals surface area (Å²) >= 11 is 0. The predicted molar refractivity (Wildman–Crippen MR) is 169 cm³/mol. The third-order valence-electron chi connectivity index (χ3n) is 7.88. The Kier molecular flexibility index (Phi) is 10.0. The fourth-order valence-corrected chi connectivity index (χ4v) is 5.75. The molecule has 7 heteroatoms. The van der Waals surface area contributed by atoms with E-state index in [4.69, 9.17) is 0 Å². The lowest BCUT2D eigenvalue weighted by Gasteiger charge is -2.25. The lowest BCUT2D eigenvalue weighted by molar-refractivity contribution is -0.433. The van der Waals surface area contributed by atoms with E-state index in [-0.39, 0.29) is 10.8 Å². The van der Waals surface area contributed by atoms with Gasteiger partial charge in [-0.1, -0.05) is 73.6 Å². The molecule has 2 heterocycles. The highest BCUT2D eigenvalue weighted by atomic mass is 32.3. The Labute approximate surface area is 247 Å². The van der Waals surface area contributed by atoms with Gasteiger partial charge in [-0.2, -0.15) is 4.58 Å². The number of allylic oxidation sites excluding steroid dienone is 8. The Morgan fingerprint density at radius 2 is 1.44 bits per heavy atom. The lowest BCUT2D eigenvalue weighted by atomic mass is 9.81. The molecule has 0 aliphatic carbocycles. The van der Waals surface area contributed by atoms with Gasteiger partial charge in [0.15, 0.2) is 5.71 Å². The number of hydrogen-bond acceptors (Lipinski definition) is 5. The summed E-state index contributed by atoms with van der Waals surface area (Å²) < 4.78 is 33.5. The number of nitrogens with zero attached hydrogens (tertiary/aromatic N) is 2. The van der Waals surface area contributed by atoms with E-state index < -0.39 is 10.4 Å². The standard InChI is InChI=1S/C33H41N2.CH4O4S/c1-9-34-28-20-18-24(3)22-26(28)32(5,6)30(34)16-14-12-11-13-15-17-31-33(7,8)27-23-25(4)19-21-29(27)35(31)10-2;1-5-6(2,3)4/h11-23H,9-10H2,1-8H3;1H3,(H,2,3,4)/q+1;/p-1. The molecule has 220 valence electrons. The molecule has 0 saturated carbocycles. The van der Waals surface area contributed by atoms with Crippen LogP contribution in [-0.4, -0.2) is 43.5 Å². The maximum absolute atomic E-state index is 9.22. The summed E-state index contributed by atoms with van der Waals surface area (Å²) in [6, 6.07) is 13.7.